The highest BCUT2D eigenvalue weighted by Crippen LogP contribution is 2.21. The average Bonchev–Trinajstić information content (AvgIpc) is 2.13. The fourth-order valence-electron chi connectivity index (χ4n) is 1.23. The summed E-state index contributed by atoms with van der Waals surface area (Å²) in [5.74, 6) is -0.121. The van der Waals surface area contributed by atoms with E-state index in [0.29, 0.717) is 16.3 Å². The number of hydrogen-bond acceptors (Lipinski definition) is 3. The van der Waals surface area contributed by atoms with Crippen molar-refractivity contribution in [1.29, 1.82) is 5.41 Å². The lowest BCUT2D eigenvalue weighted by Gasteiger charge is -2.19. The molecule has 0 radical (unpaired) electrons. The van der Waals surface area contributed by atoms with E-state index >= 15 is 0 Å². The number of benzene rings is 1. The van der Waals surface area contributed by atoms with Gasteiger partial charge in [-0.2, -0.15) is 0 Å². The van der Waals surface area contributed by atoms with Crippen LogP contribution in [-0.2, 0) is 4.74 Å². The van der Waals surface area contributed by atoms with Crippen LogP contribution in [0.25, 0.3) is 0 Å². The van der Waals surface area contributed by atoms with Crippen LogP contribution in [0.5, 0.6) is 0 Å². The smallest absolute Gasteiger partial charge is 0.412 e. The number of amidine groups is 1. The first-order valence-corrected chi connectivity index (χ1v) is 5.71. The summed E-state index contributed by atoms with van der Waals surface area (Å²) in [4.78, 5) is 11.5. The molecule has 0 spiro atoms. The molecule has 1 amide bonds. The largest absolute Gasteiger partial charge is 0.444 e. The molecule has 0 aliphatic heterocycles. The van der Waals surface area contributed by atoms with Crippen molar-refractivity contribution < 1.29 is 9.53 Å². The Balaban J connectivity index is 2.78. The number of halogens is 1. The van der Waals surface area contributed by atoms with Crippen molar-refractivity contribution in [1.82, 2.24) is 0 Å². The van der Waals surface area contributed by atoms with Crippen molar-refractivity contribution in [3.63, 3.8) is 0 Å². The van der Waals surface area contributed by atoms with Gasteiger partial charge < -0.3 is 10.5 Å². The monoisotopic (exact) mass is 269 g/mol. The fourth-order valence-corrected chi connectivity index (χ4v) is 1.52. The van der Waals surface area contributed by atoms with Crippen molar-refractivity contribution in [2.75, 3.05) is 5.32 Å². The number of anilines is 1. The molecule has 1 aromatic rings. The van der Waals surface area contributed by atoms with E-state index in [4.69, 9.17) is 27.5 Å². The lowest BCUT2D eigenvalue weighted by atomic mass is 10.2. The molecule has 0 heterocycles. The van der Waals surface area contributed by atoms with Crippen LogP contribution in [0.2, 0.25) is 5.02 Å². The van der Waals surface area contributed by atoms with Crippen molar-refractivity contribution in [2.45, 2.75) is 26.4 Å². The second-order valence-electron chi connectivity index (χ2n) is 4.74. The number of carbonyl (C=O) groups is 1. The number of nitrogens with two attached hydrogens (primary N) is 1. The van der Waals surface area contributed by atoms with Crippen LogP contribution in [-0.4, -0.2) is 17.5 Å². The Hall–Kier alpha value is -1.75. The maximum Gasteiger partial charge on any atom is 0.412 e. The zero-order valence-electron chi connectivity index (χ0n) is 10.5. The van der Waals surface area contributed by atoms with Gasteiger partial charge in [0.2, 0.25) is 0 Å². The molecule has 0 fully saturated rings. The van der Waals surface area contributed by atoms with Crippen LogP contribution in [0.15, 0.2) is 18.2 Å². The molecule has 0 saturated carbocycles. The highest BCUT2D eigenvalue weighted by atomic mass is 35.5. The van der Waals surface area contributed by atoms with Gasteiger partial charge in [0.15, 0.2) is 0 Å². The van der Waals surface area contributed by atoms with E-state index < -0.39 is 11.7 Å². The fraction of sp³-hybridized carbons (Fsp3) is 0.333. The SMILES string of the molecule is CC(C)(C)OC(=O)Nc1ccc(C(=N)N)c(Cl)c1. The third kappa shape index (κ3) is 4.25. The molecule has 0 aliphatic rings. The number of nitrogens with one attached hydrogen (secondary N) is 2. The van der Waals surface area contributed by atoms with Gasteiger partial charge in [-0.15, -0.1) is 0 Å². The minimum absolute atomic E-state index is 0.121. The van der Waals surface area contributed by atoms with E-state index in [9.17, 15) is 4.79 Å². The number of rotatable bonds is 2. The summed E-state index contributed by atoms with van der Waals surface area (Å²) >= 11 is 5.93. The van der Waals surface area contributed by atoms with Crippen LogP contribution in [0.4, 0.5) is 10.5 Å². The van der Waals surface area contributed by atoms with E-state index in [2.05, 4.69) is 5.32 Å². The molecule has 4 N–H and O–H groups in total. The van der Waals surface area contributed by atoms with Crippen molar-refractivity contribution in [3.8, 4) is 0 Å². The summed E-state index contributed by atoms with van der Waals surface area (Å²) in [5, 5.41) is 10.1. The summed E-state index contributed by atoms with van der Waals surface area (Å²) in [6, 6.07) is 4.69. The van der Waals surface area contributed by atoms with Crippen LogP contribution < -0.4 is 11.1 Å². The molecule has 98 valence electrons. The maximum absolute atomic E-state index is 11.5. The molecule has 0 bridgehead atoms. The Kier molecular flexibility index (Phi) is 4.19. The number of carbonyl (C=O) groups excluding carboxylic acids is 1. The van der Waals surface area contributed by atoms with Gasteiger partial charge in [0, 0.05) is 11.3 Å². The van der Waals surface area contributed by atoms with E-state index in [1.807, 2.05) is 0 Å². The summed E-state index contributed by atoms with van der Waals surface area (Å²) in [5.41, 5.74) is 5.68. The third-order valence-corrected chi connectivity index (χ3v) is 2.22. The van der Waals surface area contributed by atoms with Gasteiger partial charge in [-0.3, -0.25) is 10.7 Å². The molecular formula is C12H16ClN3O2. The quantitative estimate of drug-likeness (QED) is 0.570. The lowest BCUT2D eigenvalue weighted by molar-refractivity contribution is 0.0636. The van der Waals surface area contributed by atoms with Gasteiger partial charge in [0.05, 0.1) is 5.02 Å². The summed E-state index contributed by atoms with van der Waals surface area (Å²) in [7, 11) is 0. The summed E-state index contributed by atoms with van der Waals surface area (Å²) < 4.78 is 5.10. The van der Waals surface area contributed by atoms with Gasteiger partial charge in [-0.25, -0.2) is 4.79 Å². The number of amides is 1. The van der Waals surface area contributed by atoms with Gasteiger partial charge in [-0.1, -0.05) is 11.6 Å². The topological polar surface area (TPSA) is 88.2 Å². The number of nitrogen functional groups attached to an aromatic ring is 1. The molecule has 0 atom stereocenters. The highest BCUT2D eigenvalue weighted by molar-refractivity contribution is 6.34. The molecule has 1 rings (SSSR count). The van der Waals surface area contributed by atoms with Crippen molar-refractivity contribution >= 4 is 29.2 Å². The Morgan fingerprint density at radius 1 is 1.44 bits per heavy atom. The Bertz CT molecular complexity index is 481. The van der Waals surface area contributed by atoms with E-state index in [-0.39, 0.29) is 5.84 Å². The summed E-state index contributed by atoms with van der Waals surface area (Å²) in [6.07, 6.45) is -0.561. The lowest BCUT2D eigenvalue weighted by Crippen LogP contribution is -2.27. The maximum atomic E-state index is 11.5. The third-order valence-electron chi connectivity index (χ3n) is 1.90. The van der Waals surface area contributed by atoms with Crippen LogP contribution in [0.1, 0.15) is 26.3 Å². The first-order valence-electron chi connectivity index (χ1n) is 5.33. The highest BCUT2D eigenvalue weighted by Gasteiger charge is 2.16. The molecule has 1 aromatic carbocycles. The van der Waals surface area contributed by atoms with E-state index in [0.717, 1.165) is 0 Å². The normalized spacial score (nSPS) is 10.9. The van der Waals surface area contributed by atoms with Gasteiger partial charge in [-0.05, 0) is 39.0 Å². The van der Waals surface area contributed by atoms with Gasteiger partial charge in [0.25, 0.3) is 0 Å². The number of ether oxygens (including phenoxy) is 1. The molecule has 0 unspecified atom stereocenters. The second-order valence-corrected chi connectivity index (χ2v) is 5.14. The zero-order valence-corrected chi connectivity index (χ0v) is 11.3. The standard InChI is InChI=1S/C12H16ClN3O2/c1-12(2,3)18-11(17)16-7-4-5-8(10(14)15)9(13)6-7/h4-6H,1-3H3,(H3,14,15)(H,16,17). The Labute approximate surface area is 111 Å². The van der Waals surface area contributed by atoms with Gasteiger partial charge in [0.1, 0.15) is 11.4 Å². The molecule has 6 heteroatoms. The van der Waals surface area contributed by atoms with Crippen molar-refractivity contribution in [3.05, 3.63) is 28.8 Å². The van der Waals surface area contributed by atoms with Crippen LogP contribution in [0, 0.1) is 5.41 Å². The second kappa shape index (κ2) is 5.27. The average molecular weight is 270 g/mol. The number of hydrogen-bond donors (Lipinski definition) is 3. The molecule has 5 nitrogen and oxygen atoms in total. The Morgan fingerprint density at radius 2 is 2.06 bits per heavy atom. The first kappa shape index (κ1) is 14.3. The minimum Gasteiger partial charge on any atom is -0.444 e. The van der Waals surface area contributed by atoms with Gasteiger partial charge >= 0.3 is 6.09 Å². The molecule has 0 aromatic heterocycles. The summed E-state index contributed by atoms with van der Waals surface area (Å²) in [6.45, 7) is 5.33. The zero-order chi connectivity index (χ0) is 13.9. The molecule has 18 heavy (non-hydrogen) atoms. The Morgan fingerprint density at radius 3 is 2.50 bits per heavy atom. The predicted octanol–water partition coefficient (Wildman–Crippen LogP) is 2.97. The van der Waals surface area contributed by atoms with Crippen LogP contribution >= 0.6 is 11.6 Å². The predicted molar refractivity (Wildman–Crippen MR) is 72.3 cm³/mol. The van der Waals surface area contributed by atoms with E-state index in [1.54, 1.807) is 32.9 Å². The molecule has 0 saturated heterocycles. The van der Waals surface area contributed by atoms with E-state index in [1.165, 1.54) is 6.07 Å². The first-order chi connectivity index (χ1) is 8.19. The minimum atomic E-state index is -0.562. The van der Waals surface area contributed by atoms with Crippen molar-refractivity contribution in [2.24, 2.45) is 5.73 Å². The molecule has 0 aliphatic carbocycles. The molecular weight excluding hydrogens is 254 g/mol. The van der Waals surface area contributed by atoms with Crippen LogP contribution in [0.3, 0.4) is 0 Å².